The fraction of sp³-hybridized carbons (Fsp3) is 0.432. The van der Waals surface area contributed by atoms with E-state index in [4.69, 9.17) is 13.0 Å². The number of para-hydroxylation sites is 1. The van der Waals surface area contributed by atoms with Gasteiger partial charge in [-0.25, -0.2) is 4.79 Å². The molecular weight excluding hydrogens is 580 g/mol. The van der Waals surface area contributed by atoms with Crippen molar-refractivity contribution in [2.75, 3.05) is 19.7 Å². The number of aliphatic hydroxyl groups is 1. The van der Waals surface area contributed by atoms with Crippen LogP contribution in [-0.4, -0.2) is 71.8 Å². The van der Waals surface area contributed by atoms with E-state index in [1.165, 1.54) is 0 Å². The van der Waals surface area contributed by atoms with Crippen LogP contribution in [0.3, 0.4) is 0 Å². The Morgan fingerprint density at radius 1 is 0.935 bits per heavy atom. The number of rotatable bonds is 15. The Labute approximate surface area is 281 Å². The lowest BCUT2D eigenvalue weighted by atomic mass is 9.92. The first-order valence-corrected chi connectivity index (χ1v) is 15.6. The Kier molecular flexibility index (Phi) is 9.79. The molecule has 4 atom stereocenters. The van der Waals surface area contributed by atoms with Gasteiger partial charge < -0.3 is 30.7 Å². The van der Waals surface area contributed by atoms with Gasteiger partial charge in [0.1, 0.15) is 11.8 Å². The van der Waals surface area contributed by atoms with Gasteiger partial charge in [-0.3, -0.25) is 9.59 Å². The maximum atomic E-state index is 14.2. The second-order valence-electron chi connectivity index (χ2n) is 11.8. The van der Waals surface area contributed by atoms with Crippen LogP contribution >= 0.6 is 0 Å². The minimum Gasteiger partial charge on any atom is -0.483 e. The summed E-state index contributed by atoms with van der Waals surface area (Å²) < 4.78 is 54.5. The van der Waals surface area contributed by atoms with Crippen LogP contribution in [0.1, 0.15) is 57.0 Å². The van der Waals surface area contributed by atoms with Gasteiger partial charge in [-0.15, -0.1) is 0 Å². The Balaban J connectivity index is 1.62. The first-order chi connectivity index (χ1) is 24.5. The molecule has 0 radical (unpaired) electrons. The maximum absolute atomic E-state index is 14.2. The van der Waals surface area contributed by atoms with E-state index in [1.54, 1.807) is 12.1 Å². The average molecular weight is 635 g/mol. The molecule has 4 N–H and O–H groups in total. The number of hydrogen-bond donors (Lipinski definition) is 4. The van der Waals surface area contributed by atoms with E-state index >= 15 is 0 Å². The molecule has 0 saturated carbocycles. The van der Waals surface area contributed by atoms with E-state index in [0.717, 1.165) is 27.2 Å². The number of nitrogens with zero attached hydrogens (tertiary/aromatic N) is 1. The zero-order valence-electron chi connectivity index (χ0n) is 32.4. The van der Waals surface area contributed by atoms with Crippen molar-refractivity contribution in [1.29, 1.82) is 0 Å². The van der Waals surface area contributed by atoms with Crippen LogP contribution in [0.4, 0.5) is 4.79 Å². The molecule has 1 saturated heterocycles. The van der Waals surface area contributed by atoms with E-state index in [0.29, 0.717) is 18.7 Å². The molecule has 1 aliphatic rings. The number of aryl methyl sites for hydroxylation is 2. The van der Waals surface area contributed by atoms with Gasteiger partial charge >= 0.3 is 6.03 Å². The largest absolute Gasteiger partial charge is 0.483 e. The summed E-state index contributed by atoms with van der Waals surface area (Å²) in [5.41, 5.74) is 3.35. The van der Waals surface area contributed by atoms with Gasteiger partial charge in [-0.2, -0.15) is 0 Å². The number of urea groups is 1. The summed E-state index contributed by atoms with van der Waals surface area (Å²) >= 11 is 0. The van der Waals surface area contributed by atoms with Gasteiger partial charge in [0.15, 0.2) is 6.61 Å². The third-order valence-electron chi connectivity index (χ3n) is 8.10. The normalized spacial score (nSPS) is 18.3. The van der Waals surface area contributed by atoms with Gasteiger partial charge in [0, 0.05) is 27.4 Å². The van der Waals surface area contributed by atoms with Crippen LogP contribution in [0.25, 0.3) is 0 Å². The van der Waals surface area contributed by atoms with Gasteiger partial charge in [0.05, 0.1) is 12.1 Å². The number of carbonyl (C=O) groups excluding carboxylic acids is 3. The lowest BCUT2D eigenvalue weighted by Crippen LogP contribution is -2.59. The lowest BCUT2D eigenvalue weighted by molar-refractivity contribution is -0.128. The Hall–Kier alpha value is -4.37. The number of amides is 4. The highest BCUT2D eigenvalue weighted by Crippen LogP contribution is 2.22. The molecule has 46 heavy (non-hydrogen) atoms. The second-order valence-corrected chi connectivity index (χ2v) is 11.8. The summed E-state index contributed by atoms with van der Waals surface area (Å²) in [7, 11) is 0. The molecule has 0 bridgehead atoms. The molecular formula is C37H48N4O5. The lowest BCUT2D eigenvalue weighted by Gasteiger charge is -2.37. The fourth-order valence-electron chi connectivity index (χ4n) is 5.78. The molecule has 4 amide bonds. The molecule has 1 heterocycles. The fourth-order valence-corrected chi connectivity index (χ4v) is 5.78. The standard InChI is InChI=1S/C37H48N4O5/c1-25(2)34(41-20-12-19-38-37(41)45)36(44)39-30(21-28-15-7-5-8-16-28)23-32(42)31(22-29-17-9-6-10-18-29)40-33(43)24-46-35-26(3)13-11-14-27(35)4/h5-11,13-18,25,30-32,34,42H,12,19-24H2,1-4H3,(H,38,45)(H,39,44)(H,40,43)/t30-,31-,32-,34-/m0/s1/i1D3,2D3. The Bertz CT molecular complexity index is 1610. The number of aliphatic hydroxyl groups excluding tert-OH is 1. The quantitative estimate of drug-likeness (QED) is 0.199. The van der Waals surface area contributed by atoms with Crippen LogP contribution in [-0.2, 0) is 22.4 Å². The first-order valence-electron chi connectivity index (χ1n) is 18.6. The summed E-state index contributed by atoms with van der Waals surface area (Å²) in [6.45, 7) is -2.52. The highest BCUT2D eigenvalue weighted by atomic mass is 16.5. The van der Waals surface area contributed by atoms with Crippen molar-refractivity contribution in [3.8, 4) is 5.75 Å². The monoisotopic (exact) mass is 634 g/mol. The van der Waals surface area contributed by atoms with E-state index in [1.807, 2.05) is 80.6 Å². The van der Waals surface area contributed by atoms with Crippen LogP contribution in [0.2, 0.25) is 0 Å². The minimum absolute atomic E-state index is 0.0200. The number of ether oxygens (including phenoxy) is 1. The summed E-state index contributed by atoms with van der Waals surface area (Å²) in [5, 5.41) is 20.1. The topological polar surface area (TPSA) is 120 Å². The molecule has 0 unspecified atom stereocenters. The van der Waals surface area contributed by atoms with E-state index in [9.17, 15) is 19.5 Å². The predicted octanol–water partition coefficient (Wildman–Crippen LogP) is 4.33. The van der Waals surface area contributed by atoms with Gasteiger partial charge in [0.25, 0.3) is 5.91 Å². The van der Waals surface area contributed by atoms with Crippen molar-refractivity contribution in [2.45, 2.75) is 77.5 Å². The zero-order chi connectivity index (χ0) is 38.1. The molecule has 3 aromatic rings. The van der Waals surface area contributed by atoms with Gasteiger partial charge in [-0.1, -0.05) is 92.6 Å². The number of carbonyl (C=O) groups is 3. The summed E-state index contributed by atoms with van der Waals surface area (Å²) in [4.78, 5) is 41.5. The Morgan fingerprint density at radius 3 is 2.17 bits per heavy atom. The van der Waals surface area contributed by atoms with Gasteiger partial charge in [-0.05, 0) is 67.7 Å². The molecule has 3 aromatic carbocycles. The first kappa shape index (κ1) is 26.8. The molecule has 1 aliphatic heterocycles. The minimum atomic E-state index is -3.12. The van der Waals surface area contributed by atoms with E-state index in [-0.39, 0.29) is 32.4 Å². The summed E-state index contributed by atoms with van der Waals surface area (Å²) in [6, 6.07) is 19.7. The molecule has 246 valence electrons. The molecule has 4 rings (SSSR count). The molecule has 9 heteroatoms. The number of hydrogen-bond acceptors (Lipinski definition) is 5. The van der Waals surface area contributed by atoms with E-state index < -0.39 is 61.7 Å². The van der Waals surface area contributed by atoms with Crippen LogP contribution in [0.15, 0.2) is 78.9 Å². The highest BCUT2D eigenvalue weighted by molar-refractivity contribution is 5.87. The molecule has 1 fully saturated rings. The van der Waals surface area contributed by atoms with Crippen LogP contribution in [0.5, 0.6) is 5.75 Å². The Morgan fingerprint density at radius 2 is 1.57 bits per heavy atom. The van der Waals surface area contributed by atoms with Crippen LogP contribution in [0, 0.1) is 19.8 Å². The van der Waals surface area contributed by atoms with Crippen LogP contribution < -0.4 is 20.7 Å². The number of benzene rings is 3. The smallest absolute Gasteiger partial charge is 0.318 e. The molecule has 0 spiro atoms. The van der Waals surface area contributed by atoms with Gasteiger partial charge in [0.2, 0.25) is 5.91 Å². The van der Waals surface area contributed by atoms with Crippen molar-refractivity contribution in [2.24, 2.45) is 5.92 Å². The van der Waals surface area contributed by atoms with Crippen molar-refractivity contribution < 1.29 is 32.5 Å². The molecule has 9 nitrogen and oxygen atoms in total. The SMILES string of the molecule is [2H]C([2H])([2H])C([C@@H](C(=O)N[C@@H](Cc1ccccc1)C[C@H](O)[C@H](Cc1ccccc1)NC(=O)COc1c(C)cccc1C)N1CCCNC1=O)C([2H])([2H])[2H]. The summed E-state index contributed by atoms with van der Waals surface area (Å²) in [6.07, 6.45) is -0.557. The highest BCUT2D eigenvalue weighted by Gasteiger charge is 2.35. The van der Waals surface area contributed by atoms with Crippen molar-refractivity contribution in [1.82, 2.24) is 20.9 Å². The molecule has 0 aromatic heterocycles. The zero-order valence-corrected chi connectivity index (χ0v) is 26.4. The predicted molar refractivity (Wildman–Crippen MR) is 180 cm³/mol. The van der Waals surface area contributed by atoms with Crippen molar-refractivity contribution in [3.05, 3.63) is 101 Å². The van der Waals surface area contributed by atoms with E-state index in [2.05, 4.69) is 16.0 Å². The average Bonchev–Trinajstić information content (AvgIpc) is 3.06. The molecule has 0 aliphatic carbocycles. The second kappa shape index (κ2) is 16.8. The maximum Gasteiger partial charge on any atom is 0.318 e. The third kappa shape index (κ3) is 9.81. The summed E-state index contributed by atoms with van der Waals surface area (Å²) in [5.74, 6) is -3.03. The van der Waals surface area contributed by atoms with Crippen molar-refractivity contribution >= 4 is 17.8 Å². The third-order valence-corrected chi connectivity index (χ3v) is 8.10. The van der Waals surface area contributed by atoms with Crippen molar-refractivity contribution in [3.63, 3.8) is 0 Å². The number of nitrogens with one attached hydrogen (secondary N) is 3.